The molecule has 0 atom stereocenters. The molecule has 1 saturated heterocycles. The third kappa shape index (κ3) is 5.08. The summed E-state index contributed by atoms with van der Waals surface area (Å²) in [6.45, 7) is 6.83. The van der Waals surface area contributed by atoms with Crippen LogP contribution in [0.3, 0.4) is 0 Å². The van der Waals surface area contributed by atoms with Gasteiger partial charge in [0, 0.05) is 52.7 Å². The van der Waals surface area contributed by atoms with E-state index in [1.807, 2.05) is 11.9 Å². The number of carbonyl (C=O) groups excluding carboxylic acids is 1. The van der Waals surface area contributed by atoms with E-state index in [4.69, 9.17) is 5.73 Å². The molecule has 2 aliphatic rings. The number of nitrogens with two attached hydrogens (primary N) is 1. The molecule has 6 nitrogen and oxygen atoms in total. The molecule has 0 aromatic rings. The Morgan fingerprint density at radius 1 is 1.30 bits per heavy atom. The van der Waals surface area contributed by atoms with Gasteiger partial charge in [0.15, 0.2) is 5.96 Å². The molecule has 1 aliphatic carbocycles. The van der Waals surface area contributed by atoms with Crippen molar-refractivity contribution in [2.75, 3.05) is 46.3 Å². The molecular formula is C13H26IN5O. The van der Waals surface area contributed by atoms with E-state index in [9.17, 15) is 4.79 Å². The van der Waals surface area contributed by atoms with E-state index in [1.54, 1.807) is 6.92 Å². The highest BCUT2D eigenvalue weighted by Gasteiger charge is 2.27. The second-order valence-electron chi connectivity index (χ2n) is 5.43. The topological polar surface area (TPSA) is 65.2 Å². The van der Waals surface area contributed by atoms with Crippen molar-refractivity contribution in [1.29, 1.82) is 0 Å². The number of aliphatic imine (C=N–C) groups is 1. The van der Waals surface area contributed by atoms with E-state index in [1.165, 1.54) is 12.8 Å². The average molecular weight is 395 g/mol. The SMILES string of the molecule is CC(=O)N1CCN(CCN=C(N)N(C)C2CC2)CC1.I. The number of guanidine groups is 1. The molecule has 0 aromatic heterocycles. The van der Waals surface area contributed by atoms with Crippen LogP contribution in [0.2, 0.25) is 0 Å². The Bertz CT molecular complexity index is 351. The minimum absolute atomic E-state index is 0. The zero-order valence-corrected chi connectivity index (χ0v) is 14.7. The predicted molar refractivity (Wildman–Crippen MR) is 91.4 cm³/mol. The monoisotopic (exact) mass is 395 g/mol. The second kappa shape index (κ2) is 8.02. The number of rotatable bonds is 4. The summed E-state index contributed by atoms with van der Waals surface area (Å²) in [4.78, 5) is 22.0. The Morgan fingerprint density at radius 3 is 2.40 bits per heavy atom. The number of halogens is 1. The fourth-order valence-corrected chi connectivity index (χ4v) is 2.35. The van der Waals surface area contributed by atoms with Crippen LogP contribution in [0, 0.1) is 0 Å². The van der Waals surface area contributed by atoms with E-state index in [0.29, 0.717) is 12.0 Å². The van der Waals surface area contributed by atoms with Crippen molar-refractivity contribution in [1.82, 2.24) is 14.7 Å². The summed E-state index contributed by atoms with van der Waals surface area (Å²) in [6.07, 6.45) is 2.47. The predicted octanol–water partition coefficient (Wildman–Crippen LogP) is 0.177. The zero-order valence-electron chi connectivity index (χ0n) is 12.4. The van der Waals surface area contributed by atoms with Crippen molar-refractivity contribution in [3.63, 3.8) is 0 Å². The van der Waals surface area contributed by atoms with E-state index < -0.39 is 0 Å². The maximum absolute atomic E-state index is 11.2. The van der Waals surface area contributed by atoms with Crippen molar-refractivity contribution in [3.05, 3.63) is 0 Å². The standard InChI is InChI=1S/C13H25N5O.HI/c1-11(19)18-9-7-17(8-10-18)6-5-15-13(14)16(2)12-3-4-12;/h12H,3-10H2,1-2H3,(H2,14,15);1H. The molecule has 116 valence electrons. The first-order valence-corrected chi connectivity index (χ1v) is 7.08. The van der Waals surface area contributed by atoms with Crippen LogP contribution in [0.1, 0.15) is 19.8 Å². The fraction of sp³-hybridized carbons (Fsp3) is 0.846. The van der Waals surface area contributed by atoms with Crippen LogP contribution in [-0.4, -0.2) is 78.9 Å². The molecule has 0 radical (unpaired) electrons. The maximum Gasteiger partial charge on any atom is 0.219 e. The van der Waals surface area contributed by atoms with Gasteiger partial charge in [0.2, 0.25) is 5.91 Å². The van der Waals surface area contributed by atoms with Crippen molar-refractivity contribution < 1.29 is 4.79 Å². The summed E-state index contributed by atoms with van der Waals surface area (Å²) in [7, 11) is 2.02. The third-order valence-electron chi connectivity index (χ3n) is 3.96. The fourth-order valence-electron chi connectivity index (χ4n) is 2.35. The molecule has 0 bridgehead atoms. The molecule has 0 spiro atoms. The lowest BCUT2D eigenvalue weighted by Crippen LogP contribution is -2.48. The van der Waals surface area contributed by atoms with Gasteiger partial charge in [-0.15, -0.1) is 24.0 Å². The van der Waals surface area contributed by atoms with Crippen molar-refractivity contribution >= 4 is 35.8 Å². The van der Waals surface area contributed by atoms with Gasteiger partial charge in [-0.3, -0.25) is 14.7 Å². The Labute approximate surface area is 138 Å². The number of piperazine rings is 1. The van der Waals surface area contributed by atoms with Gasteiger partial charge in [-0.05, 0) is 12.8 Å². The van der Waals surface area contributed by atoms with Gasteiger partial charge in [-0.25, -0.2) is 0 Å². The van der Waals surface area contributed by atoms with Gasteiger partial charge in [-0.2, -0.15) is 0 Å². The molecule has 1 aliphatic heterocycles. The van der Waals surface area contributed by atoms with Gasteiger partial charge in [0.1, 0.15) is 0 Å². The quantitative estimate of drug-likeness (QED) is 0.419. The summed E-state index contributed by atoms with van der Waals surface area (Å²) < 4.78 is 0. The molecule has 2 fully saturated rings. The van der Waals surface area contributed by atoms with Crippen LogP contribution in [0.5, 0.6) is 0 Å². The summed E-state index contributed by atoms with van der Waals surface area (Å²) in [5.74, 6) is 0.831. The number of nitrogens with zero attached hydrogens (tertiary/aromatic N) is 4. The van der Waals surface area contributed by atoms with E-state index in [2.05, 4.69) is 14.8 Å². The van der Waals surface area contributed by atoms with Gasteiger partial charge >= 0.3 is 0 Å². The first kappa shape index (κ1) is 17.5. The Balaban J connectivity index is 0.00000200. The summed E-state index contributed by atoms with van der Waals surface area (Å²) in [5, 5.41) is 0. The highest BCUT2D eigenvalue weighted by molar-refractivity contribution is 14.0. The first-order chi connectivity index (χ1) is 9.08. The summed E-state index contributed by atoms with van der Waals surface area (Å²) in [6, 6.07) is 0.614. The van der Waals surface area contributed by atoms with Crippen LogP contribution >= 0.6 is 24.0 Å². The molecular weight excluding hydrogens is 369 g/mol. The van der Waals surface area contributed by atoms with E-state index in [0.717, 1.165) is 39.3 Å². The highest BCUT2D eigenvalue weighted by atomic mass is 127. The van der Waals surface area contributed by atoms with E-state index in [-0.39, 0.29) is 29.9 Å². The molecule has 20 heavy (non-hydrogen) atoms. The molecule has 1 amide bonds. The molecule has 2 N–H and O–H groups in total. The molecule has 2 rings (SSSR count). The number of amides is 1. The smallest absolute Gasteiger partial charge is 0.219 e. The number of hydrogen-bond donors (Lipinski definition) is 1. The van der Waals surface area contributed by atoms with Crippen molar-refractivity contribution in [2.24, 2.45) is 10.7 Å². The van der Waals surface area contributed by atoms with Crippen LogP contribution in [0.25, 0.3) is 0 Å². The normalized spacial score (nSPS) is 20.5. The highest BCUT2D eigenvalue weighted by Crippen LogP contribution is 2.24. The molecule has 1 heterocycles. The largest absolute Gasteiger partial charge is 0.370 e. The van der Waals surface area contributed by atoms with Crippen LogP contribution in [0.4, 0.5) is 0 Å². The van der Waals surface area contributed by atoms with E-state index >= 15 is 0 Å². The van der Waals surface area contributed by atoms with Gasteiger partial charge in [0.05, 0.1) is 6.54 Å². The zero-order chi connectivity index (χ0) is 13.8. The Kier molecular flexibility index (Phi) is 7.01. The third-order valence-corrected chi connectivity index (χ3v) is 3.96. The average Bonchev–Trinajstić information content (AvgIpc) is 3.22. The summed E-state index contributed by atoms with van der Waals surface area (Å²) in [5.41, 5.74) is 5.94. The van der Waals surface area contributed by atoms with Crippen LogP contribution in [-0.2, 0) is 4.79 Å². The second-order valence-corrected chi connectivity index (χ2v) is 5.43. The van der Waals surface area contributed by atoms with Gasteiger partial charge in [-0.1, -0.05) is 0 Å². The molecule has 0 aromatic carbocycles. The minimum Gasteiger partial charge on any atom is -0.370 e. The molecule has 7 heteroatoms. The van der Waals surface area contributed by atoms with Gasteiger partial charge < -0.3 is 15.5 Å². The molecule has 1 saturated carbocycles. The Morgan fingerprint density at radius 2 is 1.90 bits per heavy atom. The van der Waals surface area contributed by atoms with Crippen LogP contribution in [0.15, 0.2) is 4.99 Å². The number of carbonyl (C=O) groups is 1. The first-order valence-electron chi connectivity index (χ1n) is 7.08. The Hall–Kier alpha value is -0.570. The molecule has 0 unspecified atom stereocenters. The van der Waals surface area contributed by atoms with Crippen molar-refractivity contribution in [2.45, 2.75) is 25.8 Å². The summed E-state index contributed by atoms with van der Waals surface area (Å²) >= 11 is 0. The maximum atomic E-state index is 11.2. The lowest BCUT2D eigenvalue weighted by Gasteiger charge is -2.33. The minimum atomic E-state index is 0. The number of hydrogen-bond acceptors (Lipinski definition) is 3. The van der Waals surface area contributed by atoms with Crippen molar-refractivity contribution in [3.8, 4) is 0 Å². The lowest BCUT2D eigenvalue weighted by atomic mass is 10.3. The van der Waals surface area contributed by atoms with Gasteiger partial charge in [0.25, 0.3) is 0 Å². The lowest BCUT2D eigenvalue weighted by molar-refractivity contribution is -0.130. The van der Waals surface area contributed by atoms with Crippen LogP contribution < -0.4 is 5.73 Å².